The van der Waals surface area contributed by atoms with E-state index in [1.54, 1.807) is 29.2 Å². The normalized spacial score (nSPS) is 12.0. The van der Waals surface area contributed by atoms with Gasteiger partial charge in [0.1, 0.15) is 0 Å². The standard InChI is InChI=1S/C20H20Cl2N4O/c1-12(15-6-8-23-9-7-15)24-20(27)11-17-13(2)25-26(14(17)3)19-5-4-16(21)10-18(19)22/h4-10,12H,11H2,1-3H3,(H,24,27)/t12-/m1/s1. The Kier molecular flexibility index (Phi) is 5.82. The van der Waals surface area contributed by atoms with Gasteiger partial charge in [-0.2, -0.15) is 5.10 Å². The van der Waals surface area contributed by atoms with Crippen molar-refractivity contribution in [2.24, 2.45) is 0 Å². The van der Waals surface area contributed by atoms with Crippen molar-refractivity contribution >= 4 is 29.1 Å². The summed E-state index contributed by atoms with van der Waals surface area (Å²) in [6.45, 7) is 5.77. The molecule has 3 rings (SSSR count). The van der Waals surface area contributed by atoms with Crippen LogP contribution in [0, 0.1) is 13.8 Å². The van der Waals surface area contributed by atoms with Crippen LogP contribution in [-0.2, 0) is 11.2 Å². The zero-order valence-electron chi connectivity index (χ0n) is 15.3. The molecule has 2 heterocycles. The van der Waals surface area contributed by atoms with Crippen LogP contribution in [0.25, 0.3) is 5.69 Å². The van der Waals surface area contributed by atoms with Crippen LogP contribution in [0.3, 0.4) is 0 Å². The SMILES string of the molecule is Cc1nn(-c2ccc(Cl)cc2Cl)c(C)c1CC(=O)N[C@H](C)c1ccncc1. The number of carbonyl (C=O) groups excluding carboxylic acids is 1. The van der Waals surface area contributed by atoms with E-state index >= 15 is 0 Å². The highest BCUT2D eigenvalue weighted by Gasteiger charge is 2.18. The number of halogens is 2. The Bertz CT molecular complexity index is 970. The first-order chi connectivity index (χ1) is 12.9. The lowest BCUT2D eigenvalue weighted by Gasteiger charge is -2.14. The van der Waals surface area contributed by atoms with Crippen molar-refractivity contribution in [1.82, 2.24) is 20.1 Å². The van der Waals surface area contributed by atoms with Crippen molar-refractivity contribution in [1.29, 1.82) is 0 Å². The summed E-state index contributed by atoms with van der Waals surface area (Å²) in [5, 5.41) is 8.66. The number of hydrogen-bond acceptors (Lipinski definition) is 3. The molecule has 0 spiro atoms. The number of benzene rings is 1. The Balaban J connectivity index is 1.79. The van der Waals surface area contributed by atoms with Crippen LogP contribution >= 0.6 is 23.2 Å². The molecule has 0 unspecified atom stereocenters. The van der Waals surface area contributed by atoms with E-state index in [-0.39, 0.29) is 18.4 Å². The zero-order chi connectivity index (χ0) is 19.6. The number of rotatable bonds is 5. The molecule has 0 aliphatic carbocycles. The van der Waals surface area contributed by atoms with Gasteiger partial charge in [0.05, 0.1) is 28.9 Å². The lowest BCUT2D eigenvalue weighted by atomic mass is 10.1. The fourth-order valence-corrected chi connectivity index (χ4v) is 3.50. The van der Waals surface area contributed by atoms with Crippen LogP contribution in [0.2, 0.25) is 10.0 Å². The predicted molar refractivity (Wildman–Crippen MR) is 108 cm³/mol. The van der Waals surface area contributed by atoms with E-state index in [0.717, 1.165) is 28.2 Å². The number of pyridine rings is 1. The number of hydrogen-bond donors (Lipinski definition) is 1. The van der Waals surface area contributed by atoms with Gasteiger partial charge in [-0.05, 0) is 56.7 Å². The molecule has 0 aliphatic heterocycles. The van der Waals surface area contributed by atoms with Crippen LogP contribution in [0.15, 0.2) is 42.7 Å². The summed E-state index contributed by atoms with van der Waals surface area (Å²) in [4.78, 5) is 16.5. The Hall–Kier alpha value is -2.37. The molecule has 140 valence electrons. The molecule has 1 aromatic carbocycles. The quantitative estimate of drug-likeness (QED) is 0.677. The van der Waals surface area contributed by atoms with Gasteiger partial charge in [-0.15, -0.1) is 0 Å². The van der Waals surface area contributed by atoms with Gasteiger partial charge >= 0.3 is 0 Å². The Morgan fingerprint density at radius 3 is 2.56 bits per heavy atom. The van der Waals surface area contributed by atoms with E-state index in [0.29, 0.717) is 10.0 Å². The van der Waals surface area contributed by atoms with Gasteiger partial charge in [0.2, 0.25) is 5.91 Å². The van der Waals surface area contributed by atoms with Crippen LogP contribution < -0.4 is 5.32 Å². The topological polar surface area (TPSA) is 59.8 Å². The van der Waals surface area contributed by atoms with E-state index in [1.165, 1.54) is 0 Å². The third kappa shape index (κ3) is 4.31. The molecule has 3 aromatic rings. The first-order valence-corrected chi connectivity index (χ1v) is 9.32. The van der Waals surface area contributed by atoms with Gasteiger partial charge in [0.25, 0.3) is 0 Å². The van der Waals surface area contributed by atoms with Gasteiger partial charge in [-0.3, -0.25) is 9.78 Å². The van der Waals surface area contributed by atoms with Crippen molar-refractivity contribution < 1.29 is 4.79 Å². The lowest BCUT2D eigenvalue weighted by molar-refractivity contribution is -0.121. The maximum absolute atomic E-state index is 12.6. The van der Waals surface area contributed by atoms with Gasteiger partial charge in [0.15, 0.2) is 0 Å². The fraction of sp³-hybridized carbons (Fsp3) is 0.250. The second kappa shape index (κ2) is 8.11. The molecule has 0 radical (unpaired) electrons. The van der Waals surface area contributed by atoms with Crippen molar-refractivity contribution in [3.05, 3.63) is 75.3 Å². The van der Waals surface area contributed by atoms with E-state index in [2.05, 4.69) is 15.4 Å². The average molecular weight is 403 g/mol. The molecule has 0 saturated heterocycles. The largest absolute Gasteiger partial charge is 0.349 e. The minimum absolute atomic E-state index is 0.0627. The molecule has 1 atom stereocenters. The first kappa shape index (κ1) is 19.4. The number of amides is 1. The Labute approximate surface area is 168 Å². The number of aromatic nitrogens is 3. The lowest BCUT2D eigenvalue weighted by Crippen LogP contribution is -2.28. The summed E-state index contributed by atoms with van der Waals surface area (Å²) in [6.07, 6.45) is 3.68. The fourth-order valence-electron chi connectivity index (χ4n) is 3.01. The maximum atomic E-state index is 12.6. The van der Waals surface area contributed by atoms with Crippen molar-refractivity contribution in [2.75, 3.05) is 0 Å². The number of carbonyl (C=O) groups is 1. The molecule has 7 heteroatoms. The predicted octanol–water partition coefficient (Wildman–Crippen LogP) is 4.61. The molecular weight excluding hydrogens is 383 g/mol. The highest BCUT2D eigenvalue weighted by Crippen LogP contribution is 2.27. The highest BCUT2D eigenvalue weighted by molar-refractivity contribution is 6.35. The second-order valence-electron chi connectivity index (χ2n) is 6.40. The van der Waals surface area contributed by atoms with Crippen molar-refractivity contribution in [2.45, 2.75) is 33.2 Å². The monoisotopic (exact) mass is 402 g/mol. The average Bonchev–Trinajstić information content (AvgIpc) is 2.90. The summed E-state index contributed by atoms with van der Waals surface area (Å²) in [6, 6.07) is 8.95. The van der Waals surface area contributed by atoms with E-state index in [1.807, 2.05) is 39.0 Å². The van der Waals surface area contributed by atoms with E-state index in [9.17, 15) is 4.79 Å². The van der Waals surface area contributed by atoms with Gasteiger partial charge in [-0.25, -0.2) is 4.68 Å². The molecule has 5 nitrogen and oxygen atoms in total. The van der Waals surface area contributed by atoms with E-state index in [4.69, 9.17) is 23.2 Å². The number of nitrogens with zero attached hydrogens (tertiary/aromatic N) is 3. The molecule has 27 heavy (non-hydrogen) atoms. The van der Waals surface area contributed by atoms with Crippen molar-refractivity contribution in [3.8, 4) is 5.69 Å². The summed E-state index contributed by atoms with van der Waals surface area (Å²) < 4.78 is 1.75. The van der Waals surface area contributed by atoms with Crippen LogP contribution in [-0.4, -0.2) is 20.7 Å². The molecule has 0 aliphatic rings. The third-order valence-electron chi connectivity index (χ3n) is 4.50. The van der Waals surface area contributed by atoms with Gasteiger partial charge in [-0.1, -0.05) is 23.2 Å². The Morgan fingerprint density at radius 1 is 1.19 bits per heavy atom. The van der Waals surface area contributed by atoms with E-state index < -0.39 is 0 Å². The molecule has 0 bridgehead atoms. The maximum Gasteiger partial charge on any atom is 0.225 e. The summed E-state index contributed by atoms with van der Waals surface area (Å²) >= 11 is 12.3. The second-order valence-corrected chi connectivity index (χ2v) is 7.25. The molecule has 0 saturated carbocycles. The minimum Gasteiger partial charge on any atom is -0.349 e. The van der Waals surface area contributed by atoms with Crippen LogP contribution in [0.1, 0.15) is 35.5 Å². The molecular formula is C20H20Cl2N4O. The summed E-state index contributed by atoms with van der Waals surface area (Å²) in [5.41, 5.74) is 4.31. The van der Waals surface area contributed by atoms with Crippen LogP contribution in [0.4, 0.5) is 0 Å². The smallest absolute Gasteiger partial charge is 0.225 e. The highest BCUT2D eigenvalue weighted by atomic mass is 35.5. The van der Waals surface area contributed by atoms with Gasteiger partial charge in [0, 0.05) is 28.7 Å². The summed E-state index contributed by atoms with van der Waals surface area (Å²) in [5.74, 6) is -0.0627. The van der Waals surface area contributed by atoms with Crippen LogP contribution in [0.5, 0.6) is 0 Å². The third-order valence-corrected chi connectivity index (χ3v) is 5.04. The molecule has 2 aromatic heterocycles. The molecule has 1 amide bonds. The molecule has 0 fully saturated rings. The minimum atomic E-state index is -0.0955. The Morgan fingerprint density at radius 2 is 1.89 bits per heavy atom. The number of nitrogens with one attached hydrogen (secondary N) is 1. The van der Waals surface area contributed by atoms with Gasteiger partial charge < -0.3 is 5.32 Å². The number of aryl methyl sites for hydroxylation is 1. The summed E-state index contributed by atoms with van der Waals surface area (Å²) in [7, 11) is 0. The zero-order valence-corrected chi connectivity index (χ0v) is 16.8. The first-order valence-electron chi connectivity index (χ1n) is 8.56. The molecule has 1 N–H and O–H groups in total. The van der Waals surface area contributed by atoms with Crippen molar-refractivity contribution in [3.63, 3.8) is 0 Å².